The highest BCUT2D eigenvalue weighted by Gasteiger charge is 2.22. The minimum absolute atomic E-state index is 0.0991. The zero-order valence-corrected chi connectivity index (χ0v) is 70.0. The van der Waals surface area contributed by atoms with Crippen molar-refractivity contribution in [2.24, 2.45) is 0 Å². The molecule has 0 saturated carbocycles. The predicted octanol–water partition coefficient (Wildman–Crippen LogP) is 32.6. The first-order chi connectivity index (χ1) is 55.9. The Morgan fingerprint density at radius 2 is 0.500 bits per heavy atom. The van der Waals surface area contributed by atoms with Crippen molar-refractivity contribution in [2.45, 2.75) is 119 Å². The van der Waals surface area contributed by atoms with Gasteiger partial charge in [-0.25, -0.2) is 0 Å². The fourth-order valence-electron chi connectivity index (χ4n) is 15.5. The third-order valence-corrected chi connectivity index (χ3v) is 22.3. The Bertz CT molecular complexity index is 6080. The van der Waals surface area contributed by atoms with Crippen molar-refractivity contribution in [3.05, 3.63) is 428 Å². The summed E-state index contributed by atoms with van der Waals surface area (Å²) in [6.45, 7) is 31.5. The van der Waals surface area contributed by atoms with Gasteiger partial charge in [0.15, 0.2) is 0 Å². The summed E-state index contributed by atoms with van der Waals surface area (Å²) in [5, 5.41) is 3.79. The number of hydrogen-bond acceptors (Lipinski definition) is 1. The molecule has 17 aromatic rings. The largest absolute Gasteiger partial charge is 0.256 e. The summed E-state index contributed by atoms with van der Waals surface area (Å²) < 4.78 is 0. The average Bonchev–Trinajstić information content (AvgIpc) is 0.761. The van der Waals surface area contributed by atoms with E-state index in [1.165, 1.54) is 172 Å². The lowest BCUT2D eigenvalue weighted by molar-refractivity contribution is 0.590. The molecule has 0 saturated heterocycles. The highest BCUT2D eigenvalue weighted by atomic mass is 14.6. The van der Waals surface area contributed by atoms with Gasteiger partial charge in [0.1, 0.15) is 0 Å². The standard InChI is InChI=1S/C40H34.C30H30.C25H23N.C20H20/c1-40(2,3)36-24-14-22-33(26-36)32-21-13-23-34(25-32)39-37(30-17-9-5-10-18-30)27-35(29-15-7-4-8-16-29)28-38(39)31-19-11-6-12-20-31;1-21-10-6-8-12-28(21)25-18-24(23-14-16-27(17-15-23)30(3,4)5)19-26(20-25)29-13-9-7-11-22(29)2;1-25(2,3)22-10-4-8-21(17-22)18-12-14-19(15-13-18)23-11-5-7-20-9-6-16-26-24(20)23;1-20(2,3)17-11-6-10-16(14-17)19-13-7-9-15-8-4-5-12-18(15)19/h4-28H,1-3H3;6-20H,1-5H3;4-17H,1-3H3;4-14H,1-3H3. The molecule has 0 unspecified atom stereocenters. The summed E-state index contributed by atoms with van der Waals surface area (Å²) in [5.74, 6) is 0. The van der Waals surface area contributed by atoms with Gasteiger partial charge in [-0.2, -0.15) is 0 Å². The van der Waals surface area contributed by atoms with Gasteiger partial charge in [0.2, 0.25) is 0 Å². The summed E-state index contributed by atoms with van der Waals surface area (Å²) >= 11 is 0. The van der Waals surface area contributed by atoms with Gasteiger partial charge in [0, 0.05) is 17.1 Å². The highest BCUT2D eigenvalue weighted by Crippen LogP contribution is 2.46. The van der Waals surface area contributed by atoms with Gasteiger partial charge >= 0.3 is 0 Å². The van der Waals surface area contributed by atoms with Gasteiger partial charge in [-0.3, -0.25) is 4.98 Å². The minimum Gasteiger partial charge on any atom is -0.256 e. The number of aryl methyl sites for hydroxylation is 2. The number of hydrogen-bond donors (Lipinski definition) is 0. The van der Waals surface area contributed by atoms with Crippen LogP contribution in [0.1, 0.15) is 116 Å². The highest BCUT2D eigenvalue weighted by molar-refractivity contribution is 6.00. The van der Waals surface area contributed by atoms with Crippen LogP contribution in [0.4, 0.5) is 0 Å². The lowest BCUT2D eigenvalue weighted by Gasteiger charge is -2.21. The maximum absolute atomic E-state index is 4.58. The molecule has 1 heteroatoms. The van der Waals surface area contributed by atoms with Gasteiger partial charge in [0.25, 0.3) is 0 Å². The van der Waals surface area contributed by atoms with Crippen LogP contribution >= 0.6 is 0 Å². The maximum atomic E-state index is 4.58. The van der Waals surface area contributed by atoms with E-state index < -0.39 is 0 Å². The third kappa shape index (κ3) is 19.0. The Balaban J connectivity index is 0.000000131. The number of nitrogens with zero attached hydrogens (tertiary/aromatic N) is 1. The topological polar surface area (TPSA) is 12.9 Å². The number of rotatable bonds is 11. The van der Waals surface area contributed by atoms with E-state index in [1.54, 1.807) is 0 Å². The van der Waals surface area contributed by atoms with Crippen molar-refractivity contribution in [3.63, 3.8) is 0 Å². The predicted molar refractivity (Wildman–Crippen MR) is 503 cm³/mol. The molecule has 0 aliphatic heterocycles. The van der Waals surface area contributed by atoms with Crippen LogP contribution in [0.5, 0.6) is 0 Å². The van der Waals surface area contributed by atoms with E-state index in [0.717, 1.165) is 5.52 Å². The molecular formula is C115H107N. The van der Waals surface area contributed by atoms with Gasteiger partial charge in [-0.05, 0) is 239 Å². The molecule has 16 aromatic carbocycles. The quantitative estimate of drug-likeness (QED) is 0.126. The van der Waals surface area contributed by atoms with Crippen LogP contribution in [0.2, 0.25) is 0 Å². The number of para-hydroxylation sites is 1. The maximum Gasteiger partial charge on any atom is 0.0780 e. The zero-order chi connectivity index (χ0) is 81.1. The van der Waals surface area contributed by atoms with Crippen molar-refractivity contribution in [1.82, 2.24) is 4.98 Å². The molecule has 0 aliphatic rings. The Morgan fingerprint density at radius 3 is 1.03 bits per heavy atom. The summed E-state index contributed by atoms with van der Waals surface area (Å²) in [6, 6.07) is 140. The van der Waals surface area contributed by atoms with E-state index in [0.29, 0.717) is 0 Å². The van der Waals surface area contributed by atoms with E-state index in [9.17, 15) is 0 Å². The molecule has 1 heterocycles. The average molecular weight is 1500 g/mol. The fourth-order valence-corrected chi connectivity index (χ4v) is 15.5. The Labute approximate surface area is 690 Å². The second kappa shape index (κ2) is 34.9. The Hall–Kier alpha value is -12.8. The second-order valence-corrected chi connectivity index (χ2v) is 34.9. The second-order valence-electron chi connectivity index (χ2n) is 34.9. The van der Waals surface area contributed by atoms with Crippen LogP contribution in [-0.2, 0) is 21.7 Å². The molecule has 0 bridgehead atoms. The van der Waals surface area contributed by atoms with Gasteiger partial charge in [-0.1, -0.05) is 429 Å². The van der Waals surface area contributed by atoms with Crippen LogP contribution in [0.25, 0.3) is 144 Å². The van der Waals surface area contributed by atoms with Crippen molar-refractivity contribution in [3.8, 4) is 122 Å². The molecule has 1 nitrogen and oxygen atoms in total. The van der Waals surface area contributed by atoms with Gasteiger partial charge in [-0.15, -0.1) is 0 Å². The lowest BCUT2D eigenvalue weighted by Crippen LogP contribution is -2.10. The Morgan fingerprint density at radius 1 is 0.181 bits per heavy atom. The van der Waals surface area contributed by atoms with Crippen LogP contribution in [-0.4, -0.2) is 4.98 Å². The minimum atomic E-state index is 0.0991. The van der Waals surface area contributed by atoms with Crippen molar-refractivity contribution in [2.75, 3.05) is 0 Å². The van der Waals surface area contributed by atoms with E-state index >= 15 is 0 Å². The molecule has 0 amide bonds. The summed E-state index contributed by atoms with van der Waals surface area (Å²) in [4.78, 5) is 4.58. The van der Waals surface area contributed by atoms with Crippen molar-refractivity contribution >= 4 is 21.7 Å². The first kappa shape index (κ1) is 79.8. The van der Waals surface area contributed by atoms with Gasteiger partial charge < -0.3 is 0 Å². The normalized spacial score (nSPS) is 11.5. The number of benzene rings is 16. The molecule has 0 spiro atoms. The molecule has 1 aromatic heterocycles. The van der Waals surface area contributed by atoms with E-state index in [1.807, 2.05) is 12.3 Å². The molecule has 116 heavy (non-hydrogen) atoms. The first-order valence-electron chi connectivity index (χ1n) is 41.0. The number of aromatic nitrogens is 1. The smallest absolute Gasteiger partial charge is 0.0780 e. The van der Waals surface area contributed by atoms with Crippen LogP contribution in [0, 0.1) is 13.8 Å². The lowest BCUT2D eigenvalue weighted by atomic mass is 9.83. The molecule has 0 atom stereocenters. The molecule has 0 radical (unpaired) electrons. The monoisotopic (exact) mass is 1500 g/mol. The van der Waals surface area contributed by atoms with Gasteiger partial charge in [0.05, 0.1) is 5.52 Å². The summed E-state index contributed by atoms with van der Waals surface area (Å²) in [5.41, 5.74) is 37.1. The van der Waals surface area contributed by atoms with E-state index in [-0.39, 0.29) is 21.7 Å². The van der Waals surface area contributed by atoms with Crippen molar-refractivity contribution in [1.29, 1.82) is 0 Å². The summed E-state index contributed by atoms with van der Waals surface area (Å²) in [7, 11) is 0. The molecular weight excluding hydrogens is 1400 g/mol. The Kier molecular flexibility index (Phi) is 24.0. The fraction of sp³-hybridized carbons (Fsp3) is 0.157. The summed E-state index contributed by atoms with van der Waals surface area (Å²) in [6.07, 6.45) is 1.86. The first-order valence-corrected chi connectivity index (χ1v) is 41.0. The number of pyridine rings is 1. The molecule has 0 N–H and O–H groups in total. The van der Waals surface area contributed by atoms with Crippen LogP contribution in [0.15, 0.2) is 394 Å². The van der Waals surface area contributed by atoms with Crippen LogP contribution in [0.3, 0.4) is 0 Å². The zero-order valence-electron chi connectivity index (χ0n) is 70.0. The molecule has 0 aliphatic carbocycles. The molecule has 572 valence electrons. The molecule has 0 fully saturated rings. The third-order valence-electron chi connectivity index (χ3n) is 22.3. The van der Waals surface area contributed by atoms with E-state index in [4.69, 9.17) is 0 Å². The molecule has 17 rings (SSSR count). The van der Waals surface area contributed by atoms with E-state index in [2.05, 4.69) is 484 Å². The SMILES string of the molecule is CC(C)(C)c1cccc(-c2ccc(-c3cccc4cccnc34)cc2)c1.CC(C)(C)c1cccc(-c2cccc(-c3c(-c4ccccc4)cc(-c4ccccc4)cc3-c3ccccc3)c2)c1.CC(C)(C)c1cccc(-c2cccc3ccccc23)c1.Cc1ccccc1-c1cc(-c2ccc(C(C)(C)C)cc2)cc(-c2ccccc2C)c1. The number of fused-ring (bicyclic) bond motifs is 2. The van der Waals surface area contributed by atoms with Crippen molar-refractivity contribution < 1.29 is 0 Å². The van der Waals surface area contributed by atoms with Crippen LogP contribution < -0.4 is 0 Å².